The van der Waals surface area contributed by atoms with Crippen molar-refractivity contribution in [3.05, 3.63) is 35.9 Å². The molecule has 0 aromatic carbocycles. The van der Waals surface area contributed by atoms with Gasteiger partial charge in [0.1, 0.15) is 11.5 Å². The summed E-state index contributed by atoms with van der Waals surface area (Å²) in [5.74, 6) is 1.72. The maximum Gasteiger partial charge on any atom is 0.195 e. The highest BCUT2D eigenvalue weighted by Crippen LogP contribution is 2.26. The molecular weight excluding hydrogens is 262 g/mol. The van der Waals surface area contributed by atoms with E-state index in [9.17, 15) is 0 Å². The van der Waals surface area contributed by atoms with Crippen molar-refractivity contribution in [3.8, 4) is 11.5 Å². The van der Waals surface area contributed by atoms with Crippen LogP contribution >= 0.6 is 11.3 Å². The highest BCUT2D eigenvalue weighted by molar-refractivity contribution is 7.14. The van der Waals surface area contributed by atoms with E-state index in [1.165, 1.54) is 11.3 Å². The van der Waals surface area contributed by atoms with Crippen molar-refractivity contribution in [1.82, 2.24) is 4.98 Å². The lowest BCUT2D eigenvalue weighted by Crippen LogP contribution is -2.22. The van der Waals surface area contributed by atoms with E-state index in [2.05, 4.69) is 21.9 Å². The first-order valence-corrected chi connectivity index (χ1v) is 6.53. The van der Waals surface area contributed by atoms with Gasteiger partial charge in [0, 0.05) is 5.38 Å². The van der Waals surface area contributed by atoms with Crippen LogP contribution in [0.2, 0.25) is 0 Å². The van der Waals surface area contributed by atoms with Gasteiger partial charge in [-0.3, -0.25) is 0 Å². The third-order valence-electron chi connectivity index (χ3n) is 2.25. The van der Waals surface area contributed by atoms with Crippen LogP contribution in [0.4, 0.5) is 5.13 Å². The molecule has 0 atom stereocenters. The molecule has 0 amide bonds. The molecule has 0 radical (unpaired) electrons. The van der Waals surface area contributed by atoms with Gasteiger partial charge in [-0.2, -0.15) is 0 Å². The maximum absolute atomic E-state index is 5.68. The molecule has 0 fully saturated rings. The summed E-state index contributed by atoms with van der Waals surface area (Å²) in [6.45, 7) is 4.41. The molecule has 7 heteroatoms. The van der Waals surface area contributed by atoms with Crippen molar-refractivity contribution in [3.63, 3.8) is 0 Å². The molecule has 2 heterocycles. The molecule has 0 aliphatic carbocycles. The fourth-order valence-electron chi connectivity index (χ4n) is 1.38. The highest BCUT2D eigenvalue weighted by Gasteiger charge is 2.09. The minimum Gasteiger partial charge on any atom is -0.458 e. The number of anilines is 1. The fourth-order valence-corrected chi connectivity index (χ4v) is 2.09. The molecule has 0 aliphatic rings. The van der Waals surface area contributed by atoms with Gasteiger partial charge in [-0.05, 0) is 12.1 Å². The van der Waals surface area contributed by atoms with Crippen molar-refractivity contribution in [2.45, 2.75) is 6.54 Å². The minimum atomic E-state index is 0.308. The summed E-state index contributed by atoms with van der Waals surface area (Å²) in [6, 6.07) is 3.68. The van der Waals surface area contributed by atoms with Crippen LogP contribution in [0.15, 0.2) is 39.6 Å². The van der Waals surface area contributed by atoms with Crippen LogP contribution in [0.5, 0.6) is 0 Å². The van der Waals surface area contributed by atoms with Crippen LogP contribution in [-0.2, 0) is 6.54 Å². The topological polar surface area (TPSA) is 102 Å². The quantitative estimate of drug-likeness (QED) is 0.439. The van der Waals surface area contributed by atoms with Crippen molar-refractivity contribution in [1.29, 1.82) is 0 Å². The first kappa shape index (κ1) is 13.3. The Morgan fingerprint density at radius 3 is 3.11 bits per heavy atom. The van der Waals surface area contributed by atoms with Crippen LogP contribution in [0, 0.1) is 0 Å². The monoisotopic (exact) mass is 277 g/mol. The molecule has 0 unspecified atom stereocenters. The first-order valence-electron chi connectivity index (χ1n) is 5.65. The van der Waals surface area contributed by atoms with E-state index < -0.39 is 0 Å². The second kappa shape index (κ2) is 6.17. The Morgan fingerprint density at radius 2 is 2.42 bits per heavy atom. The zero-order valence-electron chi connectivity index (χ0n) is 10.3. The van der Waals surface area contributed by atoms with E-state index in [4.69, 9.17) is 15.9 Å². The molecule has 0 bridgehead atoms. The van der Waals surface area contributed by atoms with Gasteiger partial charge in [-0.25, -0.2) is 9.98 Å². The van der Waals surface area contributed by atoms with Gasteiger partial charge < -0.3 is 21.2 Å². The number of aliphatic imine (C=N–C) groups is 1. The summed E-state index contributed by atoms with van der Waals surface area (Å²) >= 11 is 1.42. The van der Waals surface area contributed by atoms with Gasteiger partial charge in [0.05, 0.1) is 13.1 Å². The Hall–Kier alpha value is -2.12. The molecular formula is C12H15N5OS. The Balaban J connectivity index is 2.08. The second-order valence-electron chi connectivity index (χ2n) is 3.65. The van der Waals surface area contributed by atoms with Gasteiger partial charge >= 0.3 is 0 Å². The number of rotatable bonds is 5. The van der Waals surface area contributed by atoms with Crippen molar-refractivity contribution < 1.29 is 4.42 Å². The highest BCUT2D eigenvalue weighted by atomic mass is 32.1. The molecule has 2 rings (SSSR count). The molecule has 2 aromatic heterocycles. The lowest BCUT2D eigenvalue weighted by Gasteiger charge is -1.99. The van der Waals surface area contributed by atoms with Gasteiger partial charge in [-0.1, -0.05) is 6.08 Å². The SMILES string of the molecule is C=CCN=C(N)Nc1nc(-c2ccc(CN)o2)cs1. The van der Waals surface area contributed by atoms with Crippen molar-refractivity contribution in [2.75, 3.05) is 11.9 Å². The van der Waals surface area contributed by atoms with Gasteiger partial charge in [-0.15, -0.1) is 17.9 Å². The molecule has 100 valence electrons. The lowest BCUT2D eigenvalue weighted by molar-refractivity contribution is 0.524. The Kier molecular flexibility index (Phi) is 4.32. The average molecular weight is 277 g/mol. The largest absolute Gasteiger partial charge is 0.458 e. The number of nitrogens with two attached hydrogens (primary N) is 2. The summed E-state index contributed by atoms with van der Waals surface area (Å²) < 4.78 is 5.52. The number of hydrogen-bond donors (Lipinski definition) is 3. The van der Waals surface area contributed by atoms with Crippen LogP contribution in [-0.4, -0.2) is 17.5 Å². The van der Waals surface area contributed by atoms with E-state index in [1.54, 1.807) is 6.08 Å². The van der Waals surface area contributed by atoms with Gasteiger partial charge in [0.15, 0.2) is 16.9 Å². The van der Waals surface area contributed by atoms with E-state index in [-0.39, 0.29) is 0 Å². The number of aromatic nitrogens is 1. The molecule has 5 N–H and O–H groups in total. The number of guanidine groups is 1. The second-order valence-corrected chi connectivity index (χ2v) is 4.51. The van der Waals surface area contributed by atoms with Crippen LogP contribution in [0.1, 0.15) is 5.76 Å². The normalized spacial score (nSPS) is 11.5. The summed E-state index contributed by atoms with van der Waals surface area (Å²) in [7, 11) is 0. The molecule has 0 saturated carbocycles. The number of hydrogen-bond acceptors (Lipinski definition) is 5. The maximum atomic E-state index is 5.68. The summed E-state index contributed by atoms with van der Waals surface area (Å²) in [4.78, 5) is 8.39. The van der Waals surface area contributed by atoms with E-state index in [0.29, 0.717) is 29.9 Å². The van der Waals surface area contributed by atoms with E-state index in [0.717, 1.165) is 11.5 Å². The zero-order chi connectivity index (χ0) is 13.7. The zero-order valence-corrected chi connectivity index (χ0v) is 11.1. The minimum absolute atomic E-state index is 0.308. The van der Waals surface area contributed by atoms with Crippen LogP contribution in [0.25, 0.3) is 11.5 Å². The third kappa shape index (κ3) is 3.43. The summed E-state index contributed by atoms with van der Waals surface area (Å²) in [5.41, 5.74) is 11.9. The smallest absolute Gasteiger partial charge is 0.195 e. The number of nitrogens with one attached hydrogen (secondary N) is 1. The Labute approximate surface area is 114 Å². The Bertz CT molecular complexity index is 586. The molecule has 0 aliphatic heterocycles. The lowest BCUT2D eigenvalue weighted by atomic mass is 10.3. The average Bonchev–Trinajstić information content (AvgIpc) is 3.04. The van der Waals surface area contributed by atoms with E-state index in [1.807, 2.05) is 17.5 Å². The molecule has 2 aromatic rings. The van der Waals surface area contributed by atoms with Gasteiger partial charge in [0.2, 0.25) is 0 Å². The summed E-state index contributed by atoms with van der Waals surface area (Å²) in [6.07, 6.45) is 1.67. The van der Waals surface area contributed by atoms with Crippen molar-refractivity contribution in [2.24, 2.45) is 16.5 Å². The predicted octanol–water partition coefficient (Wildman–Crippen LogP) is 1.77. The van der Waals surface area contributed by atoms with E-state index >= 15 is 0 Å². The van der Waals surface area contributed by atoms with Crippen molar-refractivity contribution >= 4 is 22.4 Å². The number of furan rings is 1. The molecule has 0 saturated heterocycles. The molecule has 6 nitrogen and oxygen atoms in total. The summed E-state index contributed by atoms with van der Waals surface area (Å²) in [5, 5.41) is 5.44. The molecule has 0 spiro atoms. The molecule has 19 heavy (non-hydrogen) atoms. The number of thiazole rings is 1. The van der Waals surface area contributed by atoms with Gasteiger partial charge in [0.25, 0.3) is 0 Å². The standard InChI is InChI=1S/C12H15N5OS/c1-2-5-15-11(14)17-12-16-9(7-19-12)10-4-3-8(6-13)18-10/h2-4,7H,1,5-6,13H2,(H3,14,15,16,17). The third-order valence-corrected chi connectivity index (χ3v) is 3.00. The van der Waals surface area contributed by atoms with Crippen LogP contribution < -0.4 is 16.8 Å². The fraction of sp³-hybridized carbons (Fsp3) is 0.167. The predicted molar refractivity (Wildman–Crippen MR) is 78.0 cm³/mol. The van der Waals surface area contributed by atoms with Crippen LogP contribution in [0.3, 0.4) is 0 Å². The Morgan fingerprint density at radius 1 is 1.58 bits per heavy atom. The number of nitrogens with zero attached hydrogens (tertiary/aromatic N) is 2. The first-order chi connectivity index (χ1) is 9.22.